The van der Waals surface area contributed by atoms with Gasteiger partial charge in [0.25, 0.3) is 0 Å². The van der Waals surface area contributed by atoms with E-state index in [1.807, 2.05) is 30.5 Å². The first-order chi connectivity index (χ1) is 20.4. The van der Waals surface area contributed by atoms with Crippen molar-refractivity contribution >= 4 is 27.1 Å². The van der Waals surface area contributed by atoms with Gasteiger partial charge >= 0.3 is 0 Å². The van der Waals surface area contributed by atoms with Gasteiger partial charge in [-0.15, -0.1) is 0 Å². The van der Waals surface area contributed by atoms with Crippen LogP contribution in [0.4, 0.5) is 0 Å². The molecule has 3 nitrogen and oxygen atoms in total. The molecule has 5 aromatic carbocycles. The van der Waals surface area contributed by atoms with Gasteiger partial charge in [0.05, 0.1) is 11.2 Å². The van der Waals surface area contributed by atoms with Gasteiger partial charge in [-0.25, -0.2) is 4.98 Å². The third kappa shape index (κ3) is 3.82. The van der Waals surface area contributed by atoms with E-state index in [0.717, 1.165) is 28.3 Å². The predicted octanol–water partition coefficient (Wildman–Crippen LogP) is 9.70. The topological polar surface area (TPSA) is 30.2 Å². The molecule has 0 aliphatic rings. The van der Waals surface area contributed by atoms with Gasteiger partial charge in [-0.2, -0.15) is 0 Å². The van der Waals surface area contributed by atoms with Gasteiger partial charge < -0.3 is 0 Å². The molecular formula is C38H25N3. The summed E-state index contributed by atoms with van der Waals surface area (Å²) in [5.41, 5.74) is 8.76. The van der Waals surface area contributed by atoms with E-state index in [0.29, 0.717) is 0 Å². The van der Waals surface area contributed by atoms with Crippen LogP contribution in [0.15, 0.2) is 152 Å². The lowest BCUT2D eigenvalue weighted by Gasteiger charge is -2.18. The van der Waals surface area contributed by atoms with E-state index in [1.54, 1.807) is 0 Å². The second kappa shape index (κ2) is 9.58. The maximum Gasteiger partial charge on any atom is 0.145 e. The lowest BCUT2D eigenvalue weighted by Crippen LogP contribution is -1.92. The number of imidazole rings is 1. The molecule has 3 heterocycles. The van der Waals surface area contributed by atoms with Crippen molar-refractivity contribution in [3.8, 4) is 45.0 Å². The van der Waals surface area contributed by atoms with Crippen LogP contribution in [0.25, 0.3) is 72.1 Å². The van der Waals surface area contributed by atoms with E-state index < -0.39 is 0 Å². The minimum Gasteiger partial charge on any atom is -0.299 e. The molecule has 0 N–H and O–H groups in total. The first kappa shape index (κ1) is 23.4. The van der Waals surface area contributed by atoms with E-state index in [-0.39, 0.29) is 0 Å². The van der Waals surface area contributed by atoms with Crippen LogP contribution in [0.2, 0.25) is 0 Å². The van der Waals surface area contributed by atoms with Crippen LogP contribution in [-0.4, -0.2) is 14.4 Å². The van der Waals surface area contributed by atoms with Crippen molar-refractivity contribution in [3.63, 3.8) is 0 Å². The molecule has 41 heavy (non-hydrogen) atoms. The highest BCUT2D eigenvalue weighted by atomic mass is 15.0. The van der Waals surface area contributed by atoms with Crippen LogP contribution in [0.3, 0.4) is 0 Å². The Kier molecular flexibility index (Phi) is 5.46. The molecule has 0 saturated heterocycles. The minimum atomic E-state index is 0.868. The summed E-state index contributed by atoms with van der Waals surface area (Å²) in [4.78, 5) is 9.74. The Morgan fingerprint density at radius 3 is 1.73 bits per heavy atom. The summed E-state index contributed by atoms with van der Waals surface area (Å²) in [5, 5.41) is 4.98. The summed E-state index contributed by atoms with van der Waals surface area (Å²) in [7, 11) is 0. The number of fused-ring (bicyclic) bond motifs is 3. The molecule has 0 saturated carbocycles. The van der Waals surface area contributed by atoms with Crippen molar-refractivity contribution in [2.75, 3.05) is 0 Å². The Morgan fingerprint density at radius 2 is 1.05 bits per heavy atom. The highest BCUT2D eigenvalue weighted by Crippen LogP contribution is 2.44. The highest BCUT2D eigenvalue weighted by Gasteiger charge is 2.18. The van der Waals surface area contributed by atoms with Crippen molar-refractivity contribution in [3.05, 3.63) is 152 Å². The maximum absolute atomic E-state index is 5.14. The summed E-state index contributed by atoms with van der Waals surface area (Å²) in [6, 6.07) is 49.2. The van der Waals surface area contributed by atoms with Gasteiger partial charge in [0.15, 0.2) is 0 Å². The SMILES string of the molecule is c1ccc(-c2c3ccccc3c(-c3cccc(-c4nc(-c5ccccn5)c5ccccn45)c3)c3ccccc23)cc1. The molecular weight excluding hydrogens is 498 g/mol. The maximum atomic E-state index is 5.14. The second-order valence-corrected chi connectivity index (χ2v) is 10.2. The molecule has 192 valence electrons. The van der Waals surface area contributed by atoms with E-state index >= 15 is 0 Å². The second-order valence-electron chi connectivity index (χ2n) is 10.2. The van der Waals surface area contributed by atoms with Gasteiger partial charge in [0.2, 0.25) is 0 Å². The molecule has 3 aromatic heterocycles. The molecule has 0 fully saturated rings. The Morgan fingerprint density at radius 1 is 0.463 bits per heavy atom. The third-order valence-corrected chi connectivity index (χ3v) is 7.86. The Hall–Kier alpha value is -5.54. The molecule has 0 aliphatic carbocycles. The first-order valence-electron chi connectivity index (χ1n) is 13.8. The van der Waals surface area contributed by atoms with Crippen LogP contribution in [0.1, 0.15) is 0 Å². The number of hydrogen-bond donors (Lipinski definition) is 0. The average molecular weight is 524 g/mol. The fraction of sp³-hybridized carbons (Fsp3) is 0. The lowest BCUT2D eigenvalue weighted by molar-refractivity contribution is 1.16. The average Bonchev–Trinajstić information content (AvgIpc) is 3.44. The van der Waals surface area contributed by atoms with Crippen molar-refractivity contribution < 1.29 is 0 Å². The molecule has 0 amide bonds. The Labute approximate surface area is 238 Å². The molecule has 8 rings (SSSR count). The fourth-order valence-corrected chi connectivity index (χ4v) is 6.10. The standard InChI is InChI=1S/C38H25N3/c1-2-13-26(14-3-1)35-29-17-4-6-19-31(29)36(32-20-7-5-18-30(32)35)27-15-12-16-28(25-27)38-40-37(33-21-8-10-23-39-33)34-22-9-11-24-41(34)38/h1-25H. The number of hydrogen-bond acceptors (Lipinski definition) is 2. The van der Waals surface area contributed by atoms with Crippen molar-refractivity contribution in [2.45, 2.75) is 0 Å². The molecule has 3 heteroatoms. The van der Waals surface area contributed by atoms with E-state index in [1.165, 1.54) is 43.8 Å². The summed E-state index contributed by atoms with van der Waals surface area (Å²) >= 11 is 0. The molecule has 0 atom stereocenters. The zero-order chi connectivity index (χ0) is 27.2. The van der Waals surface area contributed by atoms with Crippen molar-refractivity contribution in [1.29, 1.82) is 0 Å². The van der Waals surface area contributed by atoms with Gasteiger partial charge in [-0.3, -0.25) is 9.38 Å². The molecule has 0 spiro atoms. The zero-order valence-electron chi connectivity index (χ0n) is 22.3. The molecule has 0 aliphatic heterocycles. The Bertz CT molecular complexity index is 2140. The number of benzene rings is 5. The minimum absolute atomic E-state index is 0.868. The smallest absolute Gasteiger partial charge is 0.145 e. The monoisotopic (exact) mass is 523 g/mol. The van der Waals surface area contributed by atoms with E-state index in [2.05, 4.69) is 131 Å². The van der Waals surface area contributed by atoms with Crippen LogP contribution < -0.4 is 0 Å². The van der Waals surface area contributed by atoms with Crippen molar-refractivity contribution in [2.24, 2.45) is 0 Å². The predicted molar refractivity (Wildman–Crippen MR) is 170 cm³/mol. The third-order valence-electron chi connectivity index (χ3n) is 7.86. The fourth-order valence-electron chi connectivity index (χ4n) is 6.10. The number of nitrogens with zero attached hydrogens (tertiary/aromatic N) is 3. The molecule has 0 radical (unpaired) electrons. The zero-order valence-corrected chi connectivity index (χ0v) is 22.3. The van der Waals surface area contributed by atoms with Gasteiger partial charge in [0, 0.05) is 18.0 Å². The van der Waals surface area contributed by atoms with Crippen LogP contribution in [0, 0.1) is 0 Å². The quantitative estimate of drug-likeness (QED) is 0.215. The van der Waals surface area contributed by atoms with Gasteiger partial charge in [-0.05, 0) is 74.1 Å². The molecule has 0 unspecified atom stereocenters. The largest absolute Gasteiger partial charge is 0.299 e. The summed E-state index contributed by atoms with van der Waals surface area (Å²) < 4.78 is 2.16. The first-order valence-corrected chi connectivity index (χ1v) is 13.8. The van der Waals surface area contributed by atoms with Crippen LogP contribution in [0.5, 0.6) is 0 Å². The highest BCUT2D eigenvalue weighted by molar-refractivity contribution is 6.21. The van der Waals surface area contributed by atoms with Gasteiger partial charge in [0.1, 0.15) is 11.5 Å². The van der Waals surface area contributed by atoms with Gasteiger partial charge in [-0.1, -0.05) is 109 Å². The normalized spacial score (nSPS) is 11.4. The Balaban J connectivity index is 1.39. The lowest BCUT2D eigenvalue weighted by atomic mass is 9.86. The van der Waals surface area contributed by atoms with Crippen LogP contribution in [-0.2, 0) is 0 Å². The molecule has 8 aromatic rings. The summed E-state index contributed by atoms with van der Waals surface area (Å²) in [5.74, 6) is 0.901. The summed E-state index contributed by atoms with van der Waals surface area (Å²) in [6.45, 7) is 0. The number of pyridine rings is 2. The summed E-state index contributed by atoms with van der Waals surface area (Å²) in [6.07, 6.45) is 3.90. The number of aromatic nitrogens is 3. The number of rotatable bonds is 4. The molecule has 0 bridgehead atoms. The van der Waals surface area contributed by atoms with E-state index in [9.17, 15) is 0 Å². The van der Waals surface area contributed by atoms with Crippen LogP contribution >= 0.6 is 0 Å². The van der Waals surface area contributed by atoms with E-state index in [4.69, 9.17) is 4.98 Å². The van der Waals surface area contributed by atoms with Crippen molar-refractivity contribution in [1.82, 2.24) is 14.4 Å².